The molecule has 2 aliphatic rings. The number of imide groups is 1. The molecule has 0 spiro atoms. The molecule has 0 radical (unpaired) electrons. The van der Waals surface area contributed by atoms with E-state index in [4.69, 9.17) is 4.74 Å². The summed E-state index contributed by atoms with van der Waals surface area (Å²) in [5, 5.41) is 5.49. The molecule has 2 aliphatic carbocycles. The van der Waals surface area contributed by atoms with Crippen LogP contribution in [0, 0.1) is 0 Å². The van der Waals surface area contributed by atoms with E-state index in [2.05, 4.69) is 15.5 Å². The van der Waals surface area contributed by atoms with E-state index in [1.807, 2.05) is 31.2 Å². The van der Waals surface area contributed by atoms with Gasteiger partial charge in [-0.3, -0.25) is 15.0 Å². The van der Waals surface area contributed by atoms with Crippen molar-refractivity contribution in [2.75, 3.05) is 7.11 Å². The van der Waals surface area contributed by atoms with Crippen LogP contribution in [0.5, 0.6) is 5.75 Å². The van der Waals surface area contributed by atoms with Crippen LogP contribution in [0.1, 0.15) is 57.4 Å². The number of rotatable bonds is 7. The molecule has 6 nitrogen and oxygen atoms in total. The minimum absolute atomic E-state index is 0.195. The zero-order valence-corrected chi connectivity index (χ0v) is 16.4. The molecule has 0 unspecified atom stereocenters. The second kappa shape index (κ2) is 9.22. The van der Waals surface area contributed by atoms with E-state index in [0.29, 0.717) is 12.6 Å². The Morgan fingerprint density at radius 1 is 1.11 bits per heavy atom. The second-order valence-corrected chi connectivity index (χ2v) is 7.73. The van der Waals surface area contributed by atoms with E-state index in [0.717, 1.165) is 49.8 Å². The maximum Gasteiger partial charge on any atom is 0.321 e. The van der Waals surface area contributed by atoms with Crippen LogP contribution in [-0.4, -0.2) is 42.1 Å². The Morgan fingerprint density at radius 3 is 2.37 bits per heavy atom. The van der Waals surface area contributed by atoms with E-state index in [9.17, 15) is 9.59 Å². The van der Waals surface area contributed by atoms with Crippen molar-refractivity contribution in [3.05, 3.63) is 29.8 Å². The molecule has 0 saturated heterocycles. The van der Waals surface area contributed by atoms with Gasteiger partial charge in [0.1, 0.15) is 5.75 Å². The lowest BCUT2D eigenvalue weighted by Gasteiger charge is -2.29. The fraction of sp³-hybridized carbons (Fsp3) is 0.619. The number of carbonyl (C=O) groups excluding carboxylic acids is 2. The number of urea groups is 1. The smallest absolute Gasteiger partial charge is 0.321 e. The van der Waals surface area contributed by atoms with Gasteiger partial charge in [-0.25, -0.2) is 4.79 Å². The Kier molecular flexibility index (Phi) is 6.72. The van der Waals surface area contributed by atoms with Gasteiger partial charge in [-0.2, -0.15) is 0 Å². The van der Waals surface area contributed by atoms with Crippen molar-refractivity contribution in [1.82, 2.24) is 15.5 Å². The van der Waals surface area contributed by atoms with Crippen molar-refractivity contribution >= 4 is 11.9 Å². The van der Waals surface area contributed by atoms with E-state index < -0.39 is 0 Å². The molecule has 2 fully saturated rings. The molecule has 1 atom stereocenters. The predicted octanol–water partition coefficient (Wildman–Crippen LogP) is 3.21. The maximum atomic E-state index is 12.6. The lowest BCUT2D eigenvalue weighted by atomic mass is 9.96. The van der Waals surface area contributed by atoms with Gasteiger partial charge < -0.3 is 10.1 Å². The first kappa shape index (κ1) is 19.7. The van der Waals surface area contributed by atoms with Gasteiger partial charge in [0.05, 0.1) is 13.2 Å². The molecule has 0 aromatic heterocycles. The maximum absolute atomic E-state index is 12.6. The van der Waals surface area contributed by atoms with Gasteiger partial charge in [0.15, 0.2) is 0 Å². The number of amides is 3. The van der Waals surface area contributed by atoms with Crippen molar-refractivity contribution < 1.29 is 14.3 Å². The first-order valence-electron chi connectivity index (χ1n) is 10.1. The molecule has 1 aromatic rings. The van der Waals surface area contributed by atoms with Gasteiger partial charge in [-0.15, -0.1) is 0 Å². The summed E-state index contributed by atoms with van der Waals surface area (Å²) >= 11 is 0. The molecule has 2 N–H and O–H groups in total. The minimum atomic E-state index is -0.362. The number of carbonyl (C=O) groups is 2. The van der Waals surface area contributed by atoms with Crippen molar-refractivity contribution in [2.45, 2.75) is 76.5 Å². The van der Waals surface area contributed by atoms with E-state index in [1.54, 1.807) is 7.11 Å². The third kappa shape index (κ3) is 5.70. The van der Waals surface area contributed by atoms with Crippen LogP contribution < -0.4 is 15.4 Å². The van der Waals surface area contributed by atoms with Crippen LogP contribution in [0.2, 0.25) is 0 Å². The van der Waals surface area contributed by atoms with Crippen LogP contribution >= 0.6 is 0 Å². The van der Waals surface area contributed by atoms with E-state index >= 15 is 0 Å². The fourth-order valence-electron chi connectivity index (χ4n) is 3.77. The quantitative estimate of drug-likeness (QED) is 0.770. The Hall–Kier alpha value is -2.08. The Bertz CT molecular complexity index is 637. The Morgan fingerprint density at radius 2 is 1.78 bits per heavy atom. The van der Waals surface area contributed by atoms with Crippen molar-refractivity contribution in [3.63, 3.8) is 0 Å². The van der Waals surface area contributed by atoms with Crippen LogP contribution in [-0.2, 0) is 11.3 Å². The summed E-state index contributed by atoms with van der Waals surface area (Å²) in [5.74, 6) is 0.589. The third-order valence-electron chi connectivity index (χ3n) is 5.59. The standard InChI is InChI=1S/C21H31N3O3/c1-15(20(25)23-21(26)22-17-6-4-3-5-7-17)24(18-10-11-18)14-16-8-12-19(27-2)13-9-16/h8-9,12-13,15,17-18H,3-7,10-11,14H2,1-2H3,(H2,22,23,25,26)/t15-/m1/s1. The summed E-state index contributed by atoms with van der Waals surface area (Å²) in [5.41, 5.74) is 1.13. The van der Waals surface area contributed by atoms with E-state index in [-0.39, 0.29) is 24.0 Å². The number of hydrogen-bond donors (Lipinski definition) is 2. The zero-order valence-electron chi connectivity index (χ0n) is 16.4. The average Bonchev–Trinajstić information content (AvgIpc) is 3.51. The molecular weight excluding hydrogens is 342 g/mol. The highest BCUT2D eigenvalue weighted by molar-refractivity contribution is 5.96. The molecule has 0 heterocycles. The molecule has 1 aromatic carbocycles. The summed E-state index contributed by atoms with van der Waals surface area (Å²) in [6, 6.07) is 7.81. The van der Waals surface area contributed by atoms with Crippen molar-refractivity contribution in [2.24, 2.45) is 0 Å². The summed E-state index contributed by atoms with van der Waals surface area (Å²) in [4.78, 5) is 27.0. The molecular formula is C21H31N3O3. The first-order valence-corrected chi connectivity index (χ1v) is 10.1. The lowest BCUT2D eigenvalue weighted by Crippen LogP contribution is -2.51. The molecule has 27 heavy (non-hydrogen) atoms. The highest BCUT2D eigenvalue weighted by atomic mass is 16.5. The van der Waals surface area contributed by atoms with Gasteiger partial charge >= 0.3 is 6.03 Å². The highest BCUT2D eigenvalue weighted by Crippen LogP contribution is 2.30. The largest absolute Gasteiger partial charge is 0.497 e. The van der Waals surface area contributed by atoms with Crippen LogP contribution in [0.4, 0.5) is 4.79 Å². The highest BCUT2D eigenvalue weighted by Gasteiger charge is 2.35. The molecule has 0 bridgehead atoms. The van der Waals surface area contributed by atoms with Gasteiger partial charge in [0.2, 0.25) is 5.91 Å². The average molecular weight is 373 g/mol. The van der Waals surface area contributed by atoms with Crippen molar-refractivity contribution in [1.29, 1.82) is 0 Å². The normalized spacial score (nSPS) is 18.8. The molecule has 148 valence electrons. The first-order chi connectivity index (χ1) is 13.1. The lowest BCUT2D eigenvalue weighted by molar-refractivity contribution is -0.125. The monoisotopic (exact) mass is 373 g/mol. The number of benzene rings is 1. The van der Waals surface area contributed by atoms with Crippen LogP contribution in [0.3, 0.4) is 0 Å². The van der Waals surface area contributed by atoms with Gasteiger partial charge in [-0.1, -0.05) is 31.4 Å². The van der Waals surface area contributed by atoms with Crippen LogP contribution in [0.15, 0.2) is 24.3 Å². The summed E-state index contributed by atoms with van der Waals surface area (Å²) < 4.78 is 5.20. The Labute approximate surface area is 161 Å². The van der Waals surface area contributed by atoms with Crippen LogP contribution in [0.25, 0.3) is 0 Å². The zero-order chi connectivity index (χ0) is 19.2. The minimum Gasteiger partial charge on any atom is -0.497 e. The predicted molar refractivity (Wildman–Crippen MR) is 105 cm³/mol. The number of nitrogens with zero attached hydrogens (tertiary/aromatic N) is 1. The number of hydrogen-bond acceptors (Lipinski definition) is 4. The SMILES string of the molecule is COc1ccc(CN(C2CC2)[C@H](C)C(=O)NC(=O)NC2CCCCC2)cc1. The molecule has 2 saturated carbocycles. The van der Waals surface area contributed by atoms with Gasteiger partial charge in [0.25, 0.3) is 0 Å². The second-order valence-electron chi connectivity index (χ2n) is 7.73. The Balaban J connectivity index is 1.54. The number of nitrogens with one attached hydrogen (secondary N) is 2. The fourth-order valence-corrected chi connectivity index (χ4v) is 3.77. The molecule has 0 aliphatic heterocycles. The third-order valence-corrected chi connectivity index (χ3v) is 5.59. The molecule has 3 amide bonds. The molecule has 6 heteroatoms. The number of ether oxygens (including phenoxy) is 1. The summed E-state index contributed by atoms with van der Waals surface area (Å²) in [7, 11) is 1.65. The summed E-state index contributed by atoms with van der Waals surface area (Å²) in [6.07, 6.45) is 7.73. The van der Waals surface area contributed by atoms with E-state index in [1.165, 1.54) is 6.42 Å². The van der Waals surface area contributed by atoms with Gasteiger partial charge in [-0.05, 0) is 50.3 Å². The topological polar surface area (TPSA) is 70.7 Å². The number of methoxy groups -OCH3 is 1. The summed E-state index contributed by atoms with van der Waals surface area (Å²) in [6.45, 7) is 2.57. The molecule has 3 rings (SSSR count). The van der Waals surface area contributed by atoms with Gasteiger partial charge in [0, 0.05) is 18.6 Å². The van der Waals surface area contributed by atoms with Crippen molar-refractivity contribution in [3.8, 4) is 5.75 Å².